The van der Waals surface area contributed by atoms with E-state index in [-0.39, 0.29) is 11.9 Å². The minimum absolute atomic E-state index is 0.0298. The lowest BCUT2D eigenvalue weighted by atomic mass is 9.87. The molecular weight excluding hydrogens is 514 g/mol. The van der Waals surface area contributed by atoms with Crippen LogP contribution in [0.25, 0.3) is 0 Å². The highest BCUT2D eigenvalue weighted by Crippen LogP contribution is 2.30. The molecule has 3 aromatic rings. The van der Waals surface area contributed by atoms with Gasteiger partial charge in [-0.05, 0) is 54.7 Å². The number of amides is 2. The molecule has 1 saturated heterocycles. The predicted octanol–water partition coefficient (Wildman–Crippen LogP) is 4.91. The zero-order valence-electron chi connectivity index (χ0n) is 21.2. The number of nitrogens with zero attached hydrogens (tertiary/aromatic N) is 4. The zero-order chi connectivity index (χ0) is 27.5. The van der Waals surface area contributed by atoms with Gasteiger partial charge in [-0.15, -0.1) is 0 Å². The van der Waals surface area contributed by atoms with Crippen LogP contribution in [-0.4, -0.2) is 52.7 Å². The number of benzene rings is 2. The quantitative estimate of drug-likeness (QED) is 0.430. The summed E-state index contributed by atoms with van der Waals surface area (Å²) in [4.78, 5) is 29.4. The van der Waals surface area contributed by atoms with Crippen molar-refractivity contribution in [3.8, 4) is 0 Å². The number of aromatic nitrogens is 2. The molecule has 1 aliphatic carbocycles. The minimum Gasteiger partial charge on any atom is -0.368 e. The molecule has 1 atom stereocenters. The first-order chi connectivity index (χ1) is 18.8. The lowest BCUT2D eigenvalue weighted by Gasteiger charge is -2.36. The Kier molecular flexibility index (Phi) is 7.85. The van der Waals surface area contributed by atoms with Crippen molar-refractivity contribution in [1.29, 1.82) is 0 Å². The van der Waals surface area contributed by atoms with Gasteiger partial charge in [0.1, 0.15) is 17.9 Å². The van der Waals surface area contributed by atoms with Crippen LogP contribution in [0.3, 0.4) is 0 Å². The summed E-state index contributed by atoms with van der Waals surface area (Å²) < 4.78 is 53.0. The third-order valence-corrected chi connectivity index (χ3v) is 7.34. The maximum Gasteiger partial charge on any atom is 0.282 e. The van der Waals surface area contributed by atoms with Crippen molar-refractivity contribution in [2.24, 2.45) is 0 Å². The highest BCUT2D eigenvalue weighted by molar-refractivity contribution is 5.95. The van der Waals surface area contributed by atoms with E-state index in [1.54, 1.807) is 6.07 Å². The van der Waals surface area contributed by atoms with Gasteiger partial charge in [0, 0.05) is 37.4 Å². The highest BCUT2D eigenvalue weighted by Gasteiger charge is 2.27. The van der Waals surface area contributed by atoms with E-state index >= 15 is 0 Å². The molecular formula is C28H29F4N5O2. The Balaban J connectivity index is 1.19. The fourth-order valence-corrected chi connectivity index (χ4v) is 5.29. The van der Waals surface area contributed by atoms with Crippen LogP contribution >= 0.6 is 0 Å². The second-order valence-corrected chi connectivity index (χ2v) is 9.79. The Morgan fingerprint density at radius 1 is 0.949 bits per heavy atom. The van der Waals surface area contributed by atoms with Gasteiger partial charge in [-0.25, -0.2) is 17.6 Å². The first-order valence-electron chi connectivity index (χ1n) is 13.0. The molecule has 0 radical (unpaired) electrons. The van der Waals surface area contributed by atoms with Gasteiger partial charge in [-0.1, -0.05) is 30.3 Å². The molecule has 2 amide bonds. The van der Waals surface area contributed by atoms with Gasteiger partial charge in [0.15, 0.2) is 0 Å². The number of halogens is 4. The van der Waals surface area contributed by atoms with Gasteiger partial charge in [0.25, 0.3) is 18.8 Å². The summed E-state index contributed by atoms with van der Waals surface area (Å²) in [5.74, 6) is -0.619. The average molecular weight is 544 g/mol. The smallest absolute Gasteiger partial charge is 0.282 e. The van der Waals surface area contributed by atoms with Crippen LogP contribution in [0.4, 0.5) is 23.2 Å². The maximum absolute atomic E-state index is 13.3. The molecule has 2 aliphatic rings. The number of hydrogen-bond acceptors (Lipinski definition) is 4. The van der Waals surface area contributed by atoms with Crippen LogP contribution in [0.2, 0.25) is 0 Å². The Labute approximate surface area is 223 Å². The fraction of sp³-hybridized carbons (Fsp3) is 0.393. The summed E-state index contributed by atoms with van der Waals surface area (Å²) in [5, 5.41) is 6.67. The minimum atomic E-state index is -3.02. The summed E-state index contributed by atoms with van der Waals surface area (Å²) in [6.45, 7) is 1.04. The average Bonchev–Trinajstić information content (AvgIpc) is 3.38. The van der Waals surface area contributed by atoms with Crippen LogP contribution in [0.1, 0.15) is 64.6 Å². The Morgan fingerprint density at radius 2 is 1.72 bits per heavy atom. The lowest BCUT2D eigenvalue weighted by Crippen LogP contribution is -2.49. The van der Waals surface area contributed by atoms with Crippen LogP contribution in [0, 0.1) is 0 Å². The number of anilines is 1. The zero-order valence-corrected chi connectivity index (χ0v) is 21.2. The van der Waals surface area contributed by atoms with E-state index in [9.17, 15) is 27.2 Å². The normalized spacial score (nSPS) is 17.4. The molecule has 1 aromatic heterocycles. The number of aryl methyl sites for hydroxylation is 1. The van der Waals surface area contributed by atoms with Crippen molar-refractivity contribution in [1.82, 2.24) is 20.0 Å². The summed E-state index contributed by atoms with van der Waals surface area (Å²) >= 11 is 0. The fourth-order valence-electron chi connectivity index (χ4n) is 5.29. The summed E-state index contributed by atoms with van der Waals surface area (Å²) in [6.07, 6.45) is -3.11. The van der Waals surface area contributed by atoms with E-state index < -0.39 is 36.7 Å². The third-order valence-electron chi connectivity index (χ3n) is 7.34. The third kappa shape index (κ3) is 5.91. The number of fused-ring (bicyclic) bond motifs is 1. The second kappa shape index (κ2) is 11.5. The SMILES string of the molecule is O=C(N[C@@H]1CCCc2ccccc21)c1cccc(N2CCN(C(=O)Cn3nc(C(F)F)cc3C(F)F)CC2)c1. The van der Waals surface area contributed by atoms with Crippen molar-refractivity contribution < 1.29 is 27.2 Å². The number of hydrogen-bond donors (Lipinski definition) is 1. The number of alkyl halides is 4. The molecule has 11 heteroatoms. The molecule has 7 nitrogen and oxygen atoms in total. The van der Waals surface area contributed by atoms with Crippen molar-refractivity contribution in [2.45, 2.75) is 44.7 Å². The molecule has 0 saturated carbocycles. The van der Waals surface area contributed by atoms with Crippen molar-refractivity contribution >= 4 is 17.5 Å². The topological polar surface area (TPSA) is 70.5 Å². The van der Waals surface area contributed by atoms with Crippen molar-refractivity contribution in [3.05, 3.63) is 82.7 Å². The van der Waals surface area contributed by atoms with Crippen LogP contribution in [0.15, 0.2) is 54.6 Å². The molecule has 2 heterocycles. The molecule has 1 aliphatic heterocycles. The van der Waals surface area contributed by atoms with Gasteiger partial charge in [0.05, 0.1) is 6.04 Å². The van der Waals surface area contributed by atoms with E-state index in [2.05, 4.69) is 22.5 Å². The van der Waals surface area contributed by atoms with Crippen LogP contribution in [0.5, 0.6) is 0 Å². The number of carbonyl (C=O) groups is 2. The highest BCUT2D eigenvalue weighted by atomic mass is 19.3. The molecule has 39 heavy (non-hydrogen) atoms. The second-order valence-electron chi connectivity index (χ2n) is 9.79. The van der Waals surface area contributed by atoms with Gasteiger partial charge < -0.3 is 15.1 Å². The van der Waals surface area contributed by atoms with Crippen LogP contribution in [-0.2, 0) is 17.8 Å². The molecule has 0 unspecified atom stereocenters. The Bertz CT molecular complexity index is 1340. The van der Waals surface area contributed by atoms with E-state index in [1.165, 1.54) is 10.5 Å². The monoisotopic (exact) mass is 543 g/mol. The van der Waals surface area contributed by atoms with E-state index in [0.717, 1.165) is 30.5 Å². The van der Waals surface area contributed by atoms with Gasteiger partial charge in [-0.3, -0.25) is 14.3 Å². The largest absolute Gasteiger partial charge is 0.368 e. The Morgan fingerprint density at radius 3 is 2.46 bits per heavy atom. The summed E-state index contributed by atoms with van der Waals surface area (Å²) in [5.41, 5.74) is 2.33. The molecule has 1 fully saturated rings. The summed E-state index contributed by atoms with van der Waals surface area (Å²) in [6, 6.07) is 16.1. The first-order valence-corrected chi connectivity index (χ1v) is 13.0. The molecule has 5 rings (SSSR count). The van der Waals surface area contributed by atoms with Crippen molar-refractivity contribution in [3.63, 3.8) is 0 Å². The molecule has 0 bridgehead atoms. The number of piperazine rings is 1. The molecule has 1 N–H and O–H groups in total. The molecule has 2 aromatic carbocycles. The molecule has 0 spiro atoms. The number of rotatable bonds is 7. The van der Waals surface area contributed by atoms with Crippen LogP contribution < -0.4 is 10.2 Å². The van der Waals surface area contributed by atoms with E-state index in [4.69, 9.17) is 0 Å². The van der Waals surface area contributed by atoms with Gasteiger partial charge in [0.2, 0.25) is 5.91 Å². The lowest BCUT2D eigenvalue weighted by molar-refractivity contribution is -0.132. The number of carbonyl (C=O) groups excluding carboxylic acids is 2. The first kappa shape index (κ1) is 26.7. The van der Waals surface area contributed by atoms with E-state index in [0.29, 0.717) is 42.5 Å². The van der Waals surface area contributed by atoms with Gasteiger partial charge in [-0.2, -0.15) is 5.10 Å². The van der Waals surface area contributed by atoms with Gasteiger partial charge >= 0.3 is 0 Å². The predicted molar refractivity (Wildman–Crippen MR) is 137 cm³/mol. The van der Waals surface area contributed by atoms with Crippen molar-refractivity contribution in [2.75, 3.05) is 31.1 Å². The van der Waals surface area contributed by atoms with E-state index in [1.807, 2.05) is 35.2 Å². The Hall–Kier alpha value is -3.89. The summed E-state index contributed by atoms with van der Waals surface area (Å²) in [7, 11) is 0. The number of nitrogens with one attached hydrogen (secondary N) is 1. The standard InChI is InChI=1S/C28H29F4N5O2/c29-26(30)23-16-24(27(31)32)37(34-23)17-25(38)36-13-11-35(12-14-36)20-8-3-7-19(15-20)28(39)33-22-10-4-6-18-5-1-2-9-21(18)22/h1-3,5,7-9,15-16,22,26-27H,4,6,10-14,17H2,(H,33,39)/t22-/m1/s1. The molecule has 206 valence electrons. The maximum atomic E-state index is 13.3.